The predicted molar refractivity (Wildman–Crippen MR) is 50.6 cm³/mol. The molecule has 0 spiro atoms. The van der Waals surface area contributed by atoms with E-state index in [1.807, 2.05) is 33.8 Å². The van der Waals surface area contributed by atoms with Crippen molar-refractivity contribution in [3.8, 4) is 0 Å². The fraction of sp³-hybridized carbons (Fsp3) is 0.500. The van der Waals surface area contributed by atoms with Crippen LogP contribution in [0.1, 0.15) is 31.1 Å². The van der Waals surface area contributed by atoms with E-state index in [0.29, 0.717) is 0 Å². The second-order valence-corrected chi connectivity index (χ2v) is 3.48. The van der Waals surface area contributed by atoms with Gasteiger partial charge in [-0.3, -0.25) is 4.79 Å². The highest BCUT2D eigenvalue weighted by atomic mass is 16.1. The summed E-state index contributed by atoms with van der Waals surface area (Å²) < 4.78 is 1.80. The van der Waals surface area contributed by atoms with Crippen molar-refractivity contribution in [2.75, 3.05) is 0 Å². The van der Waals surface area contributed by atoms with Crippen molar-refractivity contribution in [1.29, 1.82) is 0 Å². The van der Waals surface area contributed by atoms with E-state index in [9.17, 15) is 4.79 Å². The molecular weight excluding hydrogens is 150 g/mol. The molecule has 0 fully saturated rings. The molecule has 2 heteroatoms. The lowest BCUT2D eigenvalue weighted by Gasteiger charge is -2.13. The molecule has 1 heterocycles. The SMILES string of the molecule is Cc1cc(C)n(C(C)C)c(=O)c1. The van der Waals surface area contributed by atoms with Gasteiger partial charge in [0.1, 0.15) is 0 Å². The van der Waals surface area contributed by atoms with Gasteiger partial charge in [-0.2, -0.15) is 0 Å². The lowest BCUT2D eigenvalue weighted by atomic mass is 10.2. The third-order valence-corrected chi connectivity index (χ3v) is 1.92. The van der Waals surface area contributed by atoms with E-state index in [4.69, 9.17) is 0 Å². The van der Waals surface area contributed by atoms with E-state index in [1.165, 1.54) is 0 Å². The Bertz CT molecular complexity index is 336. The average molecular weight is 165 g/mol. The second-order valence-electron chi connectivity index (χ2n) is 3.48. The molecule has 1 aromatic heterocycles. The van der Waals surface area contributed by atoms with Crippen LogP contribution in [0.4, 0.5) is 0 Å². The molecule has 0 radical (unpaired) electrons. The first-order valence-corrected chi connectivity index (χ1v) is 4.22. The third kappa shape index (κ3) is 1.58. The molecule has 0 aliphatic rings. The summed E-state index contributed by atoms with van der Waals surface area (Å²) in [5.41, 5.74) is 2.17. The first-order valence-electron chi connectivity index (χ1n) is 4.22. The largest absolute Gasteiger partial charge is 0.310 e. The molecule has 12 heavy (non-hydrogen) atoms. The molecule has 0 saturated heterocycles. The van der Waals surface area contributed by atoms with Gasteiger partial charge in [0.15, 0.2) is 0 Å². The number of rotatable bonds is 1. The van der Waals surface area contributed by atoms with Gasteiger partial charge in [-0.25, -0.2) is 0 Å². The topological polar surface area (TPSA) is 22.0 Å². The maximum atomic E-state index is 11.5. The van der Waals surface area contributed by atoms with Gasteiger partial charge in [-0.1, -0.05) is 0 Å². The lowest BCUT2D eigenvalue weighted by molar-refractivity contribution is 0.562. The molecule has 0 aliphatic heterocycles. The normalized spacial score (nSPS) is 10.8. The third-order valence-electron chi connectivity index (χ3n) is 1.92. The van der Waals surface area contributed by atoms with Gasteiger partial charge >= 0.3 is 0 Å². The van der Waals surface area contributed by atoms with Crippen LogP contribution >= 0.6 is 0 Å². The number of nitrogens with zero attached hydrogens (tertiary/aromatic N) is 1. The van der Waals surface area contributed by atoms with Crippen molar-refractivity contribution in [3.05, 3.63) is 33.7 Å². The number of aromatic nitrogens is 1. The summed E-state index contributed by atoms with van der Waals surface area (Å²) in [5, 5.41) is 0. The number of pyridine rings is 1. The maximum absolute atomic E-state index is 11.5. The van der Waals surface area contributed by atoms with E-state index in [1.54, 1.807) is 10.6 Å². The molecule has 0 unspecified atom stereocenters. The number of aryl methyl sites for hydroxylation is 2. The average Bonchev–Trinajstić information content (AvgIpc) is 1.82. The Morgan fingerprint density at radius 3 is 2.25 bits per heavy atom. The van der Waals surface area contributed by atoms with Crippen molar-refractivity contribution in [3.63, 3.8) is 0 Å². The van der Waals surface area contributed by atoms with Crippen molar-refractivity contribution in [1.82, 2.24) is 4.57 Å². The molecule has 0 atom stereocenters. The fourth-order valence-electron chi connectivity index (χ4n) is 1.54. The summed E-state index contributed by atoms with van der Waals surface area (Å²) in [6.07, 6.45) is 0. The quantitative estimate of drug-likeness (QED) is 0.624. The molecule has 0 aromatic carbocycles. The minimum atomic E-state index is 0.0995. The fourth-order valence-corrected chi connectivity index (χ4v) is 1.54. The van der Waals surface area contributed by atoms with E-state index in [0.717, 1.165) is 11.3 Å². The molecule has 66 valence electrons. The summed E-state index contributed by atoms with van der Waals surface area (Å²) in [7, 11) is 0. The van der Waals surface area contributed by atoms with Crippen LogP contribution in [0.3, 0.4) is 0 Å². The monoisotopic (exact) mass is 165 g/mol. The zero-order valence-corrected chi connectivity index (χ0v) is 8.09. The van der Waals surface area contributed by atoms with Gasteiger partial charge in [0.2, 0.25) is 0 Å². The minimum Gasteiger partial charge on any atom is -0.310 e. The van der Waals surface area contributed by atoms with Gasteiger partial charge < -0.3 is 4.57 Å². The van der Waals surface area contributed by atoms with Gasteiger partial charge in [0, 0.05) is 17.8 Å². The summed E-state index contributed by atoms with van der Waals surface area (Å²) in [6, 6.07) is 3.95. The molecule has 0 amide bonds. The van der Waals surface area contributed by atoms with Gasteiger partial charge in [0.25, 0.3) is 5.56 Å². The number of hydrogen-bond acceptors (Lipinski definition) is 1. The Morgan fingerprint density at radius 1 is 1.25 bits per heavy atom. The van der Waals surface area contributed by atoms with Crippen LogP contribution in [-0.2, 0) is 0 Å². The minimum absolute atomic E-state index is 0.0995. The van der Waals surface area contributed by atoms with Crippen LogP contribution in [0, 0.1) is 13.8 Å². The molecule has 1 rings (SSSR count). The van der Waals surface area contributed by atoms with Crippen LogP contribution in [0.2, 0.25) is 0 Å². The second kappa shape index (κ2) is 3.13. The summed E-state index contributed by atoms with van der Waals surface area (Å²) >= 11 is 0. The Balaban J connectivity index is 3.39. The summed E-state index contributed by atoms with van der Waals surface area (Å²) in [6.45, 7) is 7.95. The van der Waals surface area contributed by atoms with E-state index in [2.05, 4.69) is 0 Å². The molecule has 0 saturated carbocycles. The molecule has 0 N–H and O–H groups in total. The van der Waals surface area contributed by atoms with Crippen LogP contribution in [-0.4, -0.2) is 4.57 Å². The van der Waals surface area contributed by atoms with Gasteiger partial charge in [-0.15, -0.1) is 0 Å². The van der Waals surface area contributed by atoms with Crippen LogP contribution in [0.5, 0.6) is 0 Å². The zero-order valence-electron chi connectivity index (χ0n) is 8.09. The van der Waals surface area contributed by atoms with Crippen molar-refractivity contribution in [2.24, 2.45) is 0 Å². The molecule has 0 bridgehead atoms. The Morgan fingerprint density at radius 2 is 1.83 bits per heavy atom. The highest BCUT2D eigenvalue weighted by Gasteiger charge is 2.03. The highest BCUT2D eigenvalue weighted by Crippen LogP contribution is 2.06. The smallest absolute Gasteiger partial charge is 0.251 e. The Labute approximate surface area is 72.8 Å². The Hall–Kier alpha value is -1.05. The van der Waals surface area contributed by atoms with Crippen molar-refractivity contribution < 1.29 is 0 Å². The molecule has 2 nitrogen and oxygen atoms in total. The van der Waals surface area contributed by atoms with Crippen LogP contribution in [0.25, 0.3) is 0 Å². The highest BCUT2D eigenvalue weighted by molar-refractivity contribution is 5.15. The van der Waals surface area contributed by atoms with E-state index in [-0.39, 0.29) is 11.6 Å². The lowest BCUT2D eigenvalue weighted by Crippen LogP contribution is -2.23. The predicted octanol–water partition coefficient (Wildman–Crippen LogP) is 2.05. The van der Waals surface area contributed by atoms with Gasteiger partial charge in [0.05, 0.1) is 0 Å². The summed E-state index contributed by atoms with van der Waals surface area (Å²) in [4.78, 5) is 11.5. The van der Waals surface area contributed by atoms with Crippen LogP contribution in [0.15, 0.2) is 16.9 Å². The molecular formula is C10H15NO. The first-order chi connectivity index (χ1) is 5.52. The van der Waals surface area contributed by atoms with Crippen molar-refractivity contribution >= 4 is 0 Å². The molecule has 0 aliphatic carbocycles. The van der Waals surface area contributed by atoms with Crippen molar-refractivity contribution in [2.45, 2.75) is 33.7 Å². The van der Waals surface area contributed by atoms with Gasteiger partial charge in [-0.05, 0) is 39.3 Å². The Kier molecular flexibility index (Phi) is 2.36. The van der Waals surface area contributed by atoms with E-state index >= 15 is 0 Å². The number of hydrogen-bond donors (Lipinski definition) is 0. The maximum Gasteiger partial charge on any atom is 0.251 e. The summed E-state index contributed by atoms with van der Waals surface area (Å²) in [5.74, 6) is 0. The first kappa shape index (κ1) is 9.04. The van der Waals surface area contributed by atoms with Crippen LogP contribution < -0.4 is 5.56 Å². The molecule has 1 aromatic rings. The van der Waals surface area contributed by atoms with E-state index < -0.39 is 0 Å². The zero-order chi connectivity index (χ0) is 9.30. The standard InChI is InChI=1S/C10H15NO/c1-7(2)11-9(4)5-8(3)6-10(11)12/h5-7H,1-4H3.